The van der Waals surface area contributed by atoms with E-state index in [1.807, 2.05) is 31.2 Å². The average molecular weight is 284 g/mol. The summed E-state index contributed by atoms with van der Waals surface area (Å²) < 4.78 is 16.3. The monoisotopic (exact) mass is 284 g/mol. The van der Waals surface area contributed by atoms with Crippen LogP contribution in [-0.2, 0) is 0 Å². The van der Waals surface area contributed by atoms with Crippen molar-refractivity contribution in [3.05, 3.63) is 53.1 Å². The highest BCUT2D eigenvalue weighted by molar-refractivity contribution is 6.07. The summed E-state index contributed by atoms with van der Waals surface area (Å²) in [6.45, 7) is 2.00. The van der Waals surface area contributed by atoms with Gasteiger partial charge in [0.15, 0.2) is 6.10 Å². The number of rotatable bonds is 3. The number of aryl methyl sites for hydroxylation is 1. The van der Waals surface area contributed by atoms with E-state index in [-0.39, 0.29) is 5.78 Å². The number of benzene rings is 2. The highest BCUT2D eigenvalue weighted by Crippen LogP contribution is 2.44. The molecule has 0 aromatic heterocycles. The molecule has 0 saturated heterocycles. The number of hydrogen-bond acceptors (Lipinski definition) is 4. The van der Waals surface area contributed by atoms with E-state index in [2.05, 4.69) is 0 Å². The van der Waals surface area contributed by atoms with Gasteiger partial charge in [0.05, 0.1) is 14.2 Å². The molecule has 0 saturated carbocycles. The Labute approximate surface area is 123 Å². The van der Waals surface area contributed by atoms with Crippen molar-refractivity contribution in [2.24, 2.45) is 0 Å². The summed E-state index contributed by atoms with van der Waals surface area (Å²) in [6, 6.07) is 11.2. The first-order valence-electron chi connectivity index (χ1n) is 6.67. The van der Waals surface area contributed by atoms with Crippen LogP contribution in [0.15, 0.2) is 36.4 Å². The van der Waals surface area contributed by atoms with Gasteiger partial charge in [-0.1, -0.05) is 29.8 Å². The highest BCUT2D eigenvalue weighted by Gasteiger charge is 2.37. The predicted molar refractivity (Wildman–Crippen MR) is 78.4 cm³/mol. The van der Waals surface area contributed by atoms with Gasteiger partial charge in [0, 0.05) is 17.7 Å². The molecule has 3 rings (SSSR count). The second-order valence-electron chi connectivity index (χ2n) is 4.98. The number of carbonyl (C=O) groups excluding carboxylic acids is 1. The molecule has 2 aromatic carbocycles. The first-order chi connectivity index (χ1) is 10.1. The van der Waals surface area contributed by atoms with E-state index < -0.39 is 6.10 Å². The van der Waals surface area contributed by atoms with E-state index in [1.165, 1.54) is 7.11 Å². The van der Waals surface area contributed by atoms with Gasteiger partial charge in [-0.05, 0) is 6.92 Å². The lowest BCUT2D eigenvalue weighted by Gasteiger charge is -2.09. The van der Waals surface area contributed by atoms with Crippen molar-refractivity contribution in [3.63, 3.8) is 0 Å². The number of hydrogen-bond donors (Lipinski definition) is 0. The first-order valence-corrected chi connectivity index (χ1v) is 6.67. The Kier molecular flexibility index (Phi) is 3.29. The van der Waals surface area contributed by atoms with Crippen LogP contribution in [0.25, 0.3) is 0 Å². The zero-order valence-electron chi connectivity index (χ0n) is 12.2. The van der Waals surface area contributed by atoms with E-state index in [4.69, 9.17) is 14.2 Å². The molecule has 2 aromatic rings. The van der Waals surface area contributed by atoms with Gasteiger partial charge in [0.2, 0.25) is 5.78 Å². The van der Waals surface area contributed by atoms with Crippen LogP contribution < -0.4 is 14.2 Å². The minimum Gasteiger partial charge on any atom is -0.496 e. The van der Waals surface area contributed by atoms with E-state index in [9.17, 15) is 4.79 Å². The molecule has 4 nitrogen and oxygen atoms in total. The van der Waals surface area contributed by atoms with Crippen LogP contribution in [0, 0.1) is 6.92 Å². The SMILES string of the molecule is COc1cc(OC)c2c(c1)OC(c1ccc(C)cc1)C2=O. The number of ketones is 1. The molecule has 1 aliphatic heterocycles. The van der Waals surface area contributed by atoms with Gasteiger partial charge < -0.3 is 14.2 Å². The molecule has 1 aliphatic rings. The molecule has 108 valence electrons. The molecule has 1 heterocycles. The van der Waals surface area contributed by atoms with Crippen LogP contribution in [0.5, 0.6) is 17.2 Å². The summed E-state index contributed by atoms with van der Waals surface area (Å²) in [6.07, 6.45) is -0.624. The molecule has 0 N–H and O–H groups in total. The Bertz CT molecular complexity index is 689. The fourth-order valence-electron chi connectivity index (χ4n) is 2.45. The maximum absolute atomic E-state index is 12.6. The number of carbonyl (C=O) groups is 1. The predicted octanol–water partition coefficient (Wildman–Crippen LogP) is 3.33. The fraction of sp³-hybridized carbons (Fsp3) is 0.235. The van der Waals surface area contributed by atoms with Gasteiger partial charge in [-0.3, -0.25) is 4.79 Å². The van der Waals surface area contributed by atoms with Crippen molar-refractivity contribution in [1.29, 1.82) is 0 Å². The second-order valence-corrected chi connectivity index (χ2v) is 4.98. The quantitative estimate of drug-likeness (QED) is 0.867. The zero-order chi connectivity index (χ0) is 15.0. The number of ether oxygens (including phenoxy) is 3. The summed E-state index contributed by atoms with van der Waals surface area (Å²) in [5.41, 5.74) is 2.45. The summed E-state index contributed by atoms with van der Waals surface area (Å²) in [4.78, 5) is 12.6. The third-order valence-electron chi connectivity index (χ3n) is 3.60. The van der Waals surface area contributed by atoms with Gasteiger partial charge in [-0.2, -0.15) is 0 Å². The fourth-order valence-corrected chi connectivity index (χ4v) is 2.45. The first kappa shape index (κ1) is 13.5. The van der Waals surface area contributed by atoms with Crippen LogP contribution in [0.2, 0.25) is 0 Å². The largest absolute Gasteiger partial charge is 0.496 e. The summed E-state index contributed by atoms with van der Waals surface area (Å²) in [5, 5.41) is 0. The second kappa shape index (κ2) is 5.13. The van der Waals surface area contributed by atoms with E-state index in [0.717, 1.165) is 11.1 Å². The molecule has 1 atom stereocenters. The van der Waals surface area contributed by atoms with Crippen LogP contribution in [-0.4, -0.2) is 20.0 Å². The lowest BCUT2D eigenvalue weighted by atomic mass is 10.0. The van der Waals surface area contributed by atoms with E-state index in [1.54, 1.807) is 19.2 Å². The Morgan fingerprint density at radius 3 is 2.38 bits per heavy atom. The molecule has 0 amide bonds. The summed E-state index contributed by atoms with van der Waals surface area (Å²) >= 11 is 0. The molecule has 1 unspecified atom stereocenters. The van der Waals surface area contributed by atoms with Gasteiger partial charge in [-0.25, -0.2) is 0 Å². The topological polar surface area (TPSA) is 44.8 Å². The molecule has 21 heavy (non-hydrogen) atoms. The lowest BCUT2D eigenvalue weighted by Crippen LogP contribution is -2.11. The third kappa shape index (κ3) is 2.23. The number of fused-ring (bicyclic) bond motifs is 1. The van der Waals surface area contributed by atoms with Crippen LogP contribution in [0.3, 0.4) is 0 Å². The Morgan fingerprint density at radius 1 is 1.05 bits per heavy atom. The Hall–Kier alpha value is -2.49. The standard InChI is InChI=1S/C17H16O4/c1-10-4-6-11(7-5-10)17-16(18)15-13(20-3)8-12(19-2)9-14(15)21-17/h4-9,17H,1-3H3. The number of Topliss-reactive ketones (excluding diaryl/α,β-unsaturated/α-hetero) is 1. The minimum atomic E-state index is -0.624. The highest BCUT2D eigenvalue weighted by atomic mass is 16.5. The Balaban J connectivity index is 2.03. The lowest BCUT2D eigenvalue weighted by molar-refractivity contribution is 0.0856. The van der Waals surface area contributed by atoms with Crippen molar-refractivity contribution in [1.82, 2.24) is 0 Å². The zero-order valence-corrected chi connectivity index (χ0v) is 12.2. The van der Waals surface area contributed by atoms with Crippen LogP contribution in [0.4, 0.5) is 0 Å². The molecule has 0 fully saturated rings. The van der Waals surface area contributed by atoms with Crippen LogP contribution in [0.1, 0.15) is 27.6 Å². The number of methoxy groups -OCH3 is 2. The smallest absolute Gasteiger partial charge is 0.215 e. The molecule has 0 spiro atoms. The van der Waals surface area contributed by atoms with Crippen molar-refractivity contribution in [2.45, 2.75) is 13.0 Å². The minimum absolute atomic E-state index is 0.0895. The van der Waals surface area contributed by atoms with Crippen molar-refractivity contribution < 1.29 is 19.0 Å². The summed E-state index contributed by atoms with van der Waals surface area (Å²) in [7, 11) is 3.09. The molecule has 0 bridgehead atoms. The molecule has 4 heteroatoms. The van der Waals surface area contributed by atoms with Gasteiger partial charge in [0.1, 0.15) is 22.8 Å². The summed E-state index contributed by atoms with van der Waals surface area (Å²) in [5.74, 6) is 1.49. The van der Waals surface area contributed by atoms with Gasteiger partial charge >= 0.3 is 0 Å². The molecular weight excluding hydrogens is 268 g/mol. The molecular formula is C17H16O4. The van der Waals surface area contributed by atoms with Crippen molar-refractivity contribution >= 4 is 5.78 Å². The van der Waals surface area contributed by atoms with Crippen molar-refractivity contribution in [2.75, 3.05) is 14.2 Å². The Morgan fingerprint density at radius 2 is 1.76 bits per heavy atom. The molecule has 0 aliphatic carbocycles. The van der Waals surface area contributed by atoms with Gasteiger partial charge in [-0.15, -0.1) is 0 Å². The van der Waals surface area contributed by atoms with Crippen molar-refractivity contribution in [3.8, 4) is 17.2 Å². The normalized spacial score (nSPS) is 16.3. The van der Waals surface area contributed by atoms with E-state index in [0.29, 0.717) is 22.8 Å². The van der Waals surface area contributed by atoms with Crippen LogP contribution >= 0.6 is 0 Å². The van der Waals surface area contributed by atoms with E-state index >= 15 is 0 Å². The third-order valence-corrected chi connectivity index (χ3v) is 3.60. The molecule has 0 radical (unpaired) electrons. The maximum atomic E-state index is 12.6. The maximum Gasteiger partial charge on any atom is 0.215 e. The average Bonchev–Trinajstić information content (AvgIpc) is 2.84. The van der Waals surface area contributed by atoms with Gasteiger partial charge in [0.25, 0.3) is 0 Å².